The summed E-state index contributed by atoms with van der Waals surface area (Å²) in [6.45, 7) is 2.11. The first-order chi connectivity index (χ1) is 11.8. The van der Waals surface area contributed by atoms with Crippen molar-refractivity contribution in [3.63, 3.8) is 0 Å². The summed E-state index contributed by atoms with van der Waals surface area (Å²) in [5.41, 5.74) is 4.53. The molecule has 0 fully saturated rings. The molecular formula is C21H22N2O. The molecule has 0 spiro atoms. The van der Waals surface area contributed by atoms with Gasteiger partial charge in [0.05, 0.1) is 18.8 Å². The molecular weight excluding hydrogens is 296 g/mol. The second-order valence-electron chi connectivity index (χ2n) is 5.81. The maximum absolute atomic E-state index is 5.52. The fraction of sp³-hybridized carbons (Fsp3) is 0.190. The lowest BCUT2D eigenvalue weighted by molar-refractivity contribution is 0.410. The van der Waals surface area contributed by atoms with Crippen molar-refractivity contribution < 1.29 is 4.74 Å². The molecule has 0 unspecified atom stereocenters. The normalized spacial score (nSPS) is 11.8. The molecule has 3 rings (SSSR count). The van der Waals surface area contributed by atoms with E-state index in [1.54, 1.807) is 7.11 Å². The molecule has 1 aromatic heterocycles. The van der Waals surface area contributed by atoms with Gasteiger partial charge in [0.1, 0.15) is 5.75 Å². The predicted octanol–water partition coefficient (Wildman–Crippen LogP) is 4.85. The molecule has 2 aromatic carbocycles. The van der Waals surface area contributed by atoms with Crippen LogP contribution in [0.2, 0.25) is 0 Å². The molecule has 0 saturated carbocycles. The molecule has 3 aromatic rings. The van der Waals surface area contributed by atoms with Crippen molar-refractivity contribution in [1.82, 2.24) is 4.98 Å². The van der Waals surface area contributed by atoms with Crippen molar-refractivity contribution in [2.75, 3.05) is 12.4 Å². The molecule has 0 amide bonds. The average molecular weight is 318 g/mol. The Labute approximate surface area is 143 Å². The van der Waals surface area contributed by atoms with Crippen molar-refractivity contribution in [2.24, 2.45) is 0 Å². The Morgan fingerprint density at radius 1 is 1.00 bits per heavy atom. The second-order valence-corrected chi connectivity index (χ2v) is 5.81. The van der Waals surface area contributed by atoms with Gasteiger partial charge in [-0.1, -0.05) is 36.4 Å². The summed E-state index contributed by atoms with van der Waals surface area (Å²) in [6, 6.07) is 22.8. The molecule has 122 valence electrons. The number of nitrogens with zero attached hydrogens (tertiary/aromatic N) is 1. The van der Waals surface area contributed by atoms with Crippen LogP contribution in [0.15, 0.2) is 72.9 Å². The fourth-order valence-corrected chi connectivity index (χ4v) is 2.78. The molecule has 0 aliphatic heterocycles. The van der Waals surface area contributed by atoms with Crippen LogP contribution in [0.5, 0.6) is 5.75 Å². The fourth-order valence-electron chi connectivity index (χ4n) is 2.78. The monoisotopic (exact) mass is 318 g/mol. The zero-order valence-corrected chi connectivity index (χ0v) is 14.1. The van der Waals surface area contributed by atoms with Gasteiger partial charge in [-0.3, -0.25) is 4.98 Å². The van der Waals surface area contributed by atoms with E-state index in [2.05, 4.69) is 47.6 Å². The van der Waals surface area contributed by atoms with Gasteiger partial charge in [-0.15, -0.1) is 0 Å². The van der Waals surface area contributed by atoms with Gasteiger partial charge in [-0.25, -0.2) is 0 Å². The van der Waals surface area contributed by atoms with Gasteiger partial charge >= 0.3 is 0 Å². The zero-order chi connectivity index (χ0) is 16.8. The zero-order valence-electron chi connectivity index (χ0n) is 14.1. The van der Waals surface area contributed by atoms with Crippen LogP contribution in [-0.4, -0.2) is 12.1 Å². The highest BCUT2D eigenvalue weighted by atomic mass is 16.5. The van der Waals surface area contributed by atoms with Gasteiger partial charge in [0.15, 0.2) is 0 Å². The largest absolute Gasteiger partial charge is 0.496 e. The highest BCUT2D eigenvalue weighted by molar-refractivity contribution is 5.53. The van der Waals surface area contributed by atoms with Crippen LogP contribution in [0.4, 0.5) is 5.69 Å². The lowest BCUT2D eigenvalue weighted by Gasteiger charge is -2.17. The topological polar surface area (TPSA) is 34.1 Å². The standard InChI is InChI=1S/C21H22N2O/c1-16(20-10-6-7-13-22-20)23-19-11-12-21(24-2)18(15-19)14-17-8-4-3-5-9-17/h3-13,15-16,23H,14H2,1-2H3/t16-/m1/s1. The Morgan fingerprint density at radius 3 is 2.50 bits per heavy atom. The molecule has 1 N–H and O–H groups in total. The van der Waals surface area contributed by atoms with Crippen LogP contribution < -0.4 is 10.1 Å². The third kappa shape index (κ3) is 3.93. The highest BCUT2D eigenvalue weighted by Crippen LogP contribution is 2.27. The van der Waals surface area contributed by atoms with Crippen LogP contribution in [-0.2, 0) is 6.42 Å². The summed E-state index contributed by atoms with van der Waals surface area (Å²) in [7, 11) is 1.72. The number of ether oxygens (including phenoxy) is 1. The van der Waals surface area contributed by atoms with Crippen LogP contribution in [0.3, 0.4) is 0 Å². The second kappa shape index (κ2) is 7.64. The number of benzene rings is 2. The third-order valence-electron chi connectivity index (χ3n) is 4.03. The van der Waals surface area contributed by atoms with Crippen LogP contribution >= 0.6 is 0 Å². The van der Waals surface area contributed by atoms with Gasteiger partial charge < -0.3 is 10.1 Å². The van der Waals surface area contributed by atoms with E-state index in [-0.39, 0.29) is 6.04 Å². The minimum atomic E-state index is 0.143. The van der Waals surface area contributed by atoms with Gasteiger partial charge in [-0.05, 0) is 42.8 Å². The summed E-state index contributed by atoms with van der Waals surface area (Å²) < 4.78 is 5.52. The Hall–Kier alpha value is -2.81. The molecule has 24 heavy (non-hydrogen) atoms. The van der Waals surface area contributed by atoms with E-state index in [9.17, 15) is 0 Å². The van der Waals surface area contributed by atoms with Crippen molar-refractivity contribution in [3.8, 4) is 5.75 Å². The van der Waals surface area contributed by atoms with Crippen LogP contribution in [0.25, 0.3) is 0 Å². The number of nitrogens with one attached hydrogen (secondary N) is 1. The first-order valence-electron chi connectivity index (χ1n) is 8.14. The summed E-state index contributed by atoms with van der Waals surface area (Å²) in [4.78, 5) is 4.41. The predicted molar refractivity (Wildman–Crippen MR) is 98.5 cm³/mol. The molecule has 0 saturated heterocycles. The lowest BCUT2D eigenvalue weighted by atomic mass is 10.0. The van der Waals surface area contributed by atoms with Gasteiger partial charge in [0.25, 0.3) is 0 Å². The third-order valence-corrected chi connectivity index (χ3v) is 4.03. The molecule has 0 bridgehead atoms. The number of rotatable bonds is 6. The van der Waals surface area contributed by atoms with E-state index < -0.39 is 0 Å². The number of hydrogen-bond donors (Lipinski definition) is 1. The van der Waals surface area contributed by atoms with E-state index in [4.69, 9.17) is 4.74 Å². The minimum absolute atomic E-state index is 0.143. The smallest absolute Gasteiger partial charge is 0.122 e. The SMILES string of the molecule is COc1ccc(N[C@H](C)c2ccccn2)cc1Cc1ccccc1. The summed E-state index contributed by atoms with van der Waals surface area (Å²) in [5.74, 6) is 0.912. The lowest BCUT2D eigenvalue weighted by Crippen LogP contribution is -2.08. The summed E-state index contributed by atoms with van der Waals surface area (Å²) >= 11 is 0. The van der Waals surface area contributed by atoms with Gasteiger partial charge in [0, 0.05) is 23.9 Å². The Morgan fingerprint density at radius 2 is 1.79 bits per heavy atom. The van der Waals surface area contributed by atoms with Crippen LogP contribution in [0, 0.1) is 0 Å². The molecule has 0 aliphatic rings. The number of pyridine rings is 1. The highest BCUT2D eigenvalue weighted by Gasteiger charge is 2.09. The molecule has 3 nitrogen and oxygen atoms in total. The number of aromatic nitrogens is 1. The van der Waals surface area contributed by atoms with Crippen LogP contribution in [0.1, 0.15) is 29.8 Å². The van der Waals surface area contributed by atoms with E-state index in [1.807, 2.05) is 42.6 Å². The Kier molecular flexibility index (Phi) is 5.12. The van der Waals surface area contributed by atoms with Gasteiger partial charge in [0.2, 0.25) is 0 Å². The number of hydrogen-bond acceptors (Lipinski definition) is 3. The minimum Gasteiger partial charge on any atom is -0.496 e. The maximum Gasteiger partial charge on any atom is 0.122 e. The Balaban J connectivity index is 1.81. The summed E-state index contributed by atoms with van der Waals surface area (Å²) in [5, 5.41) is 3.52. The first kappa shape index (κ1) is 16.1. The van der Waals surface area contributed by atoms with Crippen molar-refractivity contribution in [2.45, 2.75) is 19.4 Å². The molecule has 1 atom stereocenters. The van der Waals surface area contributed by atoms with Crippen molar-refractivity contribution >= 4 is 5.69 Å². The molecule has 0 radical (unpaired) electrons. The van der Waals surface area contributed by atoms with E-state index in [0.717, 1.165) is 23.6 Å². The molecule has 0 aliphatic carbocycles. The van der Waals surface area contributed by atoms with E-state index in [1.165, 1.54) is 11.1 Å². The van der Waals surface area contributed by atoms with E-state index in [0.29, 0.717) is 0 Å². The van der Waals surface area contributed by atoms with Crippen molar-refractivity contribution in [1.29, 1.82) is 0 Å². The maximum atomic E-state index is 5.52. The summed E-state index contributed by atoms with van der Waals surface area (Å²) in [6.07, 6.45) is 2.67. The Bertz CT molecular complexity index is 772. The van der Waals surface area contributed by atoms with Gasteiger partial charge in [-0.2, -0.15) is 0 Å². The molecule has 3 heteroatoms. The first-order valence-corrected chi connectivity index (χ1v) is 8.14. The molecule has 1 heterocycles. The number of anilines is 1. The van der Waals surface area contributed by atoms with E-state index >= 15 is 0 Å². The van der Waals surface area contributed by atoms with Crippen molar-refractivity contribution in [3.05, 3.63) is 89.7 Å². The quantitative estimate of drug-likeness (QED) is 0.705. The average Bonchev–Trinajstić information content (AvgIpc) is 2.63. The number of methoxy groups -OCH3 is 1.